The van der Waals surface area contributed by atoms with Gasteiger partial charge >= 0.3 is 5.97 Å². The van der Waals surface area contributed by atoms with E-state index in [9.17, 15) is 30.0 Å². The van der Waals surface area contributed by atoms with Gasteiger partial charge in [0.05, 0.1) is 12.6 Å². The number of aldehydes is 1. The predicted molar refractivity (Wildman–Crippen MR) is 70.6 cm³/mol. The van der Waals surface area contributed by atoms with Gasteiger partial charge in [-0.05, 0) is 6.08 Å². The first-order valence-corrected chi connectivity index (χ1v) is 6.54. The number of nitrogens with two attached hydrogens (primary N) is 1. The highest BCUT2D eigenvalue weighted by atomic mass is 16.7. The third-order valence-corrected chi connectivity index (χ3v) is 3.15. The zero-order chi connectivity index (χ0) is 17.7. The number of aliphatic carboxylic acids is 1. The van der Waals surface area contributed by atoms with Crippen LogP contribution < -0.4 is 5.73 Å². The van der Waals surface area contributed by atoms with Crippen LogP contribution in [0.25, 0.3) is 0 Å². The molecule has 1 heterocycles. The van der Waals surface area contributed by atoms with Crippen molar-refractivity contribution in [2.75, 3.05) is 6.61 Å². The summed E-state index contributed by atoms with van der Waals surface area (Å²) in [5.74, 6) is -2.27. The van der Waals surface area contributed by atoms with E-state index >= 15 is 0 Å². The molecule has 23 heavy (non-hydrogen) atoms. The van der Waals surface area contributed by atoms with Crippen molar-refractivity contribution in [1.29, 1.82) is 0 Å². The molecule has 7 atom stereocenters. The lowest BCUT2D eigenvalue weighted by Gasteiger charge is -2.36. The molecular weight excluding hydrogens is 318 g/mol. The number of carboxylic acids is 1. The number of aliphatic hydroxyl groups excluding tert-OH is 5. The van der Waals surface area contributed by atoms with Crippen molar-refractivity contribution in [1.82, 2.24) is 0 Å². The molecule has 1 aliphatic heterocycles. The number of carboxylic acid groups (broad SMARTS) is 1. The lowest BCUT2D eigenvalue weighted by atomic mass is 10.0. The van der Waals surface area contributed by atoms with E-state index in [1.807, 2.05) is 0 Å². The van der Waals surface area contributed by atoms with Crippen molar-refractivity contribution in [3.8, 4) is 0 Å². The highest BCUT2D eigenvalue weighted by Crippen LogP contribution is 2.23. The zero-order valence-electron chi connectivity index (χ0n) is 11.8. The van der Waals surface area contributed by atoms with E-state index in [2.05, 4.69) is 0 Å². The molecule has 0 fully saturated rings. The maximum atomic E-state index is 10.9. The number of hydrogen-bond acceptors (Lipinski definition) is 10. The van der Waals surface area contributed by atoms with E-state index in [1.54, 1.807) is 0 Å². The lowest BCUT2D eigenvalue weighted by Crippen LogP contribution is -2.55. The quantitative estimate of drug-likeness (QED) is 0.211. The lowest BCUT2D eigenvalue weighted by molar-refractivity contribution is -0.255. The van der Waals surface area contributed by atoms with Gasteiger partial charge in [0.25, 0.3) is 0 Å². The molecule has 8 N–H and O–H groups in total. The highest BCUT2D eigenvalue weighted by molar-refractivity contribution is 5.84. The number of aliphatic hydroxyl groups is 5. The van der Waals surface area contributed by atoms with Crippen LogP contribution in [0.5, 0.6) is 0 Å². The van der Waals surface area contributed by atoms with Crippen molar-refractivity contribution < 1.29 is 49.7 Å². The molecule has 132 valence electrons. The second-order valence-corrected chi connectivity index (χ2v) is 4.86. The minimum atomic E-state index is -1.79. The van der Waals surface area contributed by atoms with Crippen LogP contribution in [0.15, 0.2) is 11.8 Å². The maximum absolute atomic E-state index is 10.9. The first-order chi connectivity index (χ1) is 10.7. The van der Waals surface area contributed by atoms with E-state index in [0.717, 1.165) is 6.08 Å². The van der Waals surface area contributed by atoms with Crippen molar-refractivity contribution in [2.45, 2.75) is 42.9 Å². The maximum Gasteiger partial charge on any atom is 0.371 e. The van der Waals surface area contributed by atoms with Crippen molar-refractivity contribution >= 4 is 12.3 Å². The summed E-state index contributed by atoms with van der Waals surface area (Å²) in [5, 5.41) is 56.6. The Morgan fingerprint density at radius 3 is 2.52 bits per heavy atom. The Morgan fingerprint density at radius 1 is 1.43 bits per heavy atom. The minimum absolute atomic E-state index is 0.167. The Balaban J connectivity index is 2.96. The van der Waals surface area contributed by atoms with Gasteiger partial charge in [-0.3, -0.25) is 0 Å². The SMILES string of the molecule is N[C@@H](C=O)[C@@H](O)[C@H](O[C@@H]1OC(C(=O)O)=C[C@H](O)[C@H]1O)[C@H](O)CO. The Labute approximate surface area is 130 Å². The topological polar surface area (TPSA) is 200 Å². The molecule has 0 saturated heterocycles. The molecule has 11 nitrogen and oxygen atoms in total. The van der Waals surface area contributed by atoms with Crippen molar-refractivity contribution in [3.63, 3.8) is 0 Å². The van der Waals surface area contributed by atoms with E-state index in [0.29, 0.717) is 0 Å². The largest absolute Gasteiger partial charge is 0.475 e. The molecule has 11 heteroatoms. The zero-order valence-corrected chi connectivity index (χ0v) is 11.8. The summed E-state index contributed by atoms with van der Waals surface area (Å²) in [5.41, 5.74) is 5.30. The molecule has 0 bridgehead atoms. The van der Waals surface area contributed by atoms with Gasteiger partial charge < -0.3 is 50.6 Å². The summed E-state index contributed by atoms with van der Waals surface area (Å²) >= 11 is 0. The van der Waals surface area contributed by atoms with Crippen LogP contribution in [-0.2, 0) is 19.1 Å². The second-order valence-electron chi connectivity index (χ2n) is 4.86. The van der Waals surface area contributed by atoms with Gasteiger partial charge in [0, 0.05) is 0 Å². The molecule has 0 unspecified atom stereocenters. The average molecular weight is 337 g/mol. The van der Waals surface area contributed by atoms with E-state index < -0.39 is 61.2 Å². The monoisotopic (exact) mass is 337 g/mol. The van der Waals surface area contributed by atoms with Gasteiger partial charge in [-0.15, -0.1) is 0 Å². The third kappa shape index (κ3) is 4.68. The van der Waals surface area contributed by atoms with Crippen LogP contribution in [0.1, 0.15) is 0 Å². The number of carbonyl (C=O) groups excluding carboxylic acids is 1. The van der Waals surface area contributed by atoms with Gasteiger partial charge in [0.15, 0.2) is 0 Å². The van der Waals surface area contributed by atoms with Crippen LogP contribution >= 0.6 is 0 Å². The van der Waals surface area contributed by atoms with Crippen LogP contribution in [0, 0.1) is 0 Å². The van der Waals surface area contributed by atoms with Crippen LogP contribution in [0.4, 0.5) is 0 Å². The molecule has 0 aromatic heterocycles. The molecule has 1 aliphatic rings. The number of carbonyl (C=O) groups is 2. The summed E-state index contributed by atoms with van der Waals surface area (Å²) in [4.78, 5) is 21.5. The molecule has 0 saturated carbocycles. The van der Waals surface area contributed by atoms with Crippen LogP contribution in [0.2, 0.25) is 0 Å². The average Bonchev–Trinajstić information content (AvgIpc) is 2.53. The van der Waals surface area contributed by atoms with Gasteiger partial charge in [-0.25, -0.2) is 4.79 Å². The molecule has 0 aliphatic carbocycles. The van der Waals surface area contributed by atoms with Gasteiger partial charge in [-0.2, -0.15) is 0 Å². The Morgan fingerprint density at radius 2 is 2.04 bits per heavy atom. The van der Waals surface area contributed by atoms with Gasteiger partial charge in [-0.1, -0.05) is 0 Å². The van der Waals surface area contributed by atoms with E-state index in [1.165, 1.54) is 0 Å². The molecule has 0 aromatic rings. The normalized spacial score (nSPS) is 29.7. The highest BCUT2D eigenvalue weighted by Gasteiger charge is 2.41. The Bertz CT molecular complexity index is 455. The van der Waals surface area contributed by atoms with E-state index in [4.69, 9.17) is 25.4 Å². The predicted octanol–water partition coefficient (Wildman–Crippen LogP) is -4.34. The fourth-order valence-corrected chi connectivity index (χ4v) is 1.84. The second kappa shape index (κ2) is 8.31. The van der Waals surface area contributed by atoms with Crippen molar-refractivity contribution in [2.24, 2.45) is 5.73 Å². The third-order valence-electron chi connectivity index (χ3n) is 3.15. The van der Waals surface area contributed by atoms with Crippen LogP contribution in [-0.4, -0.2) is 92.4 Å². The smallest absolute Gasteiger partial charge is 0.371 e. The first kappa shape index (κ1) is 19.4. The number of rotatable bonds is 8. The van der Waals surface area contributed by atoms with Crippen molar-refractivity contribution in [3.05, 3.63) is 11.8 Å². The summed E-state index contributed by atoms with van der Waals surface area (Å²) in [6.07, 6.45) is -9.49. The Hall–Kier alpha value is -1.60. The number of ether oxygens (including phenoxy) is 2. The molecule has 1 rings (SSSR count). The summed E-state index contributed by atoms with van der Waals surface area (Å²) < 4.78 is 9.87. The summed E-state index contributed by atoms with van der Waals surface area (Å²) in [6, 6.07) is -1.48. The fourth-order valence-electron chi connectivity index (χ4n) is 1.84. The minimum Gasteiger partial charge on any atom is -0.475 e. The molecular formula is C12H19NO10. The molecule has 0 spiro atoms. The Kier molecular flexibility index (Phi) is 7.02. The first-order valence-electron chi connectivity index (χ1n) is 6.54. The van der Waals surface area contributed by atoms with Gasteiger partial charge in [0.2, 0.25) is 12.0 Å². The fraction of sp³-hybridized carbons (Fsp3) is 0.667. The standard InChI is InChI=1S/C12H19NO10/c13-4(2-14)8(18)10(6(17)3-15)23-12-9(19)5(16)1-7(22-12)11(20)21/h1-2,4-6,8-10,12,15-19H,3,13H2,(H,20,21)/t4-,5-,6+,8+,9+,10+,12-/m0/s1. The summed E-state index contributed by atoms with van der Waals surface area (Å²) in [7, 11) is 0. The number of hydrogen-bond donors (Lipinski definition) is 7. The summed E-state index contributed by atoms with van der Waals surface area (Å²) in [6.45, 7) is -0.889. The van der Waals surface area contributed by atoms with E-state index in [-0.39, 0.29) is 6.29 Å². The molecule has 0 radical (unpaired) electrons. The molecule has 0 amide bonds. The van der Waals surface area contributed by atoms with Gasteiger partial charge in [0.1, 0.15) is 36.8 Å². The van der Waals surface area contributed by atoms with Crippen LogP contribution in [0.3, 0.4) is 0 Å². The molecule has 0 aromatic carbocycles.